The van der Waals surface area contributed by atoms with Crippen LogP contribution in [0.4, 0.5) is 0 Å². The smallest absolute Gasteiger partial charge is 0.226 e. The van der Waals surface area contributed by atoms with E-state index >= 15 is 0 Å². The Kier molecular flexibility index (Phi) is 4.73. The molecule has 1 atom stereocenters. The molecule has 1 aliphatic rings. The molecular weight excluding hydrogens is 336 g/mol. The number of rotatable bonds is 4. The lowest BCUT2D eigenvalue weighted by Crippen LogP contribution is -2.28. The Bertz CT molecular complexity index is 1000. The maximum atomic E-state index is 12.6. The Balaban J connectivity index is 1.47. The largest absolute Gasteiger partial charge is 0.356 e. The number of fused-ring (bicyclic) bond motifs is 2. The molecule has 3 aromatic rings. The Labute approximate surface area is 159 Å². The molecule has 2 aromatic carbocycles. The monoisotopic (exact) mass is 362 g/mol. The van der Waals surface area contributed by atoms with Crippen LogP contribution in [-0.4, -0.2) is 11.1 Å². The molecule has 27 heavy (non-hydrogen) atoms. The van der Waals surface area contributed by atoms with E-state index in [1.54, 1.807) is 0 Å². The summed E-state index contributed by atoms with van der Waals surface area (Å²) >= 11 is 0. The van der Waals surface area contributed by atoms with Crippen molar-refractivity contribution in [1.29, 1.82) is 0 Å². The summed E-state index contributed by atoms with van der Waals surface area (Å²) in [4.78, 5) is 12.6. The highest BCUT2D eigenvalue weighted by molar-refractivity contribution is 5.87. The number of benzene rings is 2. The molecule has 0 aliphatic heterocycles. The second-order valence-corrected chi connectivity index (χ2v) is 7.76. The van der Waals surface area contributed by atoms with Gasteiger partial charge in [0.15, 0.2) is 5.58 Å². The molecule has 1 aromatic heterocycles. The second-order valence-electron chi connectivity index (χ2n) is 7.76. The van der Waals surface area contributed by atoms with Gasteiger partial charge in [-0.25, -0.2) is 0 Å². The van der Waals surface area contributed by atoms with Crippen LogP contribution >= 0.6 is 0 Å². The summed E-state index contributed by atoms with van der Waals surface area (Å²) < 4.78 is 5.41. The predicted octanol–water partition coefficient (Wildman–Crippen LogP) is 4.74. The maximum Gasteiger partial charge on any atom is 0.226 e. The molecule has 4 rings (SSSR count). The number of amides is 1. The number of hydrogen-bond acceptors (Lipinski definition) is 3. The standard InChI is InChI=1S/C23H26N2O2/c1-14-10-20-21(25-27-22(20)11-15(14)2)13-23(26)24-16(3)18-9-8-17-6-4-5-7-19(17)12-18/h8-12,16H,4-7,13H2,1-3H3,(H,24,26). The van der Waals surface area contributed by atoms with Crippen LogP contribution in [0.25, 0.3) is 11.0 Å². The number of carbonyl (C=O) groups is 1. The van der Waals surface area contributed by atoms with Gasteiger partial charge in [-0.3, -0.25) is 4.79 Å². The van der Waals surface area contributed by atoms with Crippen LogP contribution in [0.15, 0.2) is 34.9 Å². The van der Waals surface area contributed by atoms with E-state index in [0.717, 1.165) is 23.0 Å². The Hall–Kier alpha value is -2.62. The highest BCUT2D eigenvalue weighted by atomic mass is 16.5. The van der Waals surface area contributed by atoms with Crippen molar-refractivity contribution >= 4 is 16.9 Å². The number of carbonyl (C=O) groups excluding carboxylic acids is 1. The maximum absolute atomic E-state index is 12.6. The fraction of sp³-hybridized carbons (Fsp3) is 0.391. The summed E-state index contributed by atoms with van der Waals surface area (Å²) in [5.74, 6) is -0.0337. The van der Waals surface area contributed by atoms with E-state index in [2.05, 4.69) is 41.7 Å². The van der Waals surface area contributed by atoms with Crippen LogP contribution in [0.1, 0.15) is 59.3 Å². The molecule has 1 heterocycles. The molecule has 0 spiro atoms. The van der Waals surface area contributed by atoms with Gasteiger partial charge in [0, 0.05) is 5.39 Å². The predicted molar refractivity (Wildman–Crippen MR) is 107 cm³/mol. The van der Waals surface area contributed by atoms with Crippen molar-refractivity contribution in [2.75, 3.05) is 0 Å². The van der Waals surface area contributed by atoms with E-state index in [0.29, 0.717) is 5.69 Å². The zero-order valence-corrected chi connectivity index (χ0v) is 16.3. The van der Waals surface area contributed by atoms with Crippen molar-refractivity contribution in [3.63, 3.8) is 0 Å². The minimum absolute atomic E-state index is 0.0214. The number of aromatic nitrogens is 1. The van der Waals surface area contributed by atoms with E-state index in [-0.39, 0.29) is 18.4 Å². The zero-order chi connectivity index (χ0) is 19.0. The normalized spacial score (nSPS) is 14.8. The summed E-state index contributed by atoms with van der Waals surface area (Å²) in [6.45, 7) is 6.14. The lowest BCUT2D eigenvalue weighted by Gasteiger charge is -2.20. The first-order valence-corrected chi connectivity index (χ1v) is 9.78. The first-order chi connectivity index (χ1) is 13.0. The van der Waals surface area contributed by atoms with Gasteiger partial charge in [-0.2, -0.15) is 0 Å². The molecule has 0 saturated carbocycles. The van der Waals surface area contributed by atoms with Crippen LogP contribution in [0.2, 0.25) is 0 Å². The van der Waals surface area contributed by atoms with Gasteiger partial charge in [-0.15, -0.1) is 0 Å². The topological polar surface area (TPSA) is 55.1 Å². The second kappa shape index (κ2) is 7.18. The highest BCUT2D eigenvalue weighted by Gasteiger charge is 2.17. The summed E-state index contributed by atoms with van der Waals surface area (Å²) in [5.41, 5.74) is 7.84. The summed E-state index contributed by atoms with van der Waals surface area (Å²) in [6, 6.07) is 10.6. The van der Waals surface area contributed by atoms with Crippen LogP contribution in [0.5, 0.6) is 0 Å². The number of aryl methyl sites for hydroxylation is 4. The van der Waals surface area contributed by atoms with Crippen molar-refractivity contribution in [3.05, 3.63) is 63.8 Å². The van der Waals surface area contributed by atoms with E-state index < -0.39 is 0 Å². The number of nitrogens with one attached hydrogen (secondary N) is 1. The molecule has 1 amide bonds. The summed E-state index contributed by atoms with van der Waals surface area (Å²) in [6.07, 6.45) is 5.09. The Morgan fingerprint density at radius 1 is 1.11 bits per heavy atom. The van der Waals surface area contributed by atoms with Crippen LogP contribution < -0.4 is 5.32 Å². The van der Waals surface area contributed by atoms with Crippen molar-refractivity contribution in [1.82, 2.24) is 10.5 Å². The average Bonchev–Trinajstić information content (AvgIpc) is 3.03. The van der Waals surface area contributed by atoms with Crippen LogP contribution in [0, 0.1) is 13.8 Å². The molecule has 0 bridgehead atoms. The van der Waals surface area contributed by atoms with Crippen molar-refractivity contribution in [2.24, 2.45) is 0 Å². The lowest BCUT2D eigenvalue weighted by atomic mass is 9.89. The van der Waals surface area contributed by atoms with Gasteiger partial charge in [0.1, 0.15) is 5.69 Å². The number of nitrogens with zero attached hydrogens (tertiary/aromatic N) is 1. The van der Waals surface area contributed by atoms with E-state index in [9.17, 15) is 4.79 Å². The molecule has 4 heteroatoms. The van der Waals surface area contributed by atoms with Gasteiger partial charge in [0.25, 0.3) is 0 Å². The van der Waals surface area contributed by atoms with Gasteiger partial charge in [-0.1, -0.05) is 23.4 Å². The zero-order valence-electron chi connectivity index (χ0n) is 16.3. The first-order valence-electron chi connectivity index (χ1n) is 9.78. The Morgan fingerprint density at radius 3 is 2.67 bits per heavy atom. The molecular formula is C23H26N2O2. The van der Waals surface area contributed by atoms with Crippen molar-refractivity contribution in [3.8, 4) is 0 Å². The molecule has 4 nitrogen and oxygen atoms in total. The highest BCUT2D eigenvalue weighted by Crippen LogP contribution is 2.26. The quantitative estimate of drug-likeness (QED) is 0.729. The van der Waals surface area contributed by atoms with Gasteiger partial charge >= 0.3 is 0 Å². The van der Waals surface area contributed by atoms with Crippen molar-refractivity contribution in [2.45, 2.75) is 58.9 Å². The third kappa shape index (κ3) is 3.61. The molecule has 1 unspecified atom stereocenters. The fourth-order valence-corrected chi connectivity index (χ4v) is 3.92. The summed E-state index contributed by atoms with van der Waals surface area (Å²) in [5, 5.41) is 8.16. The molecule has 1 N–H and O–H groups in total. The number of hydrogen-bond donors (Lipinski definition) is 1. The third-order valence-corrected chi connectivity index (χ3v) is 5.74. The molecule has 0 fully saturated rings. The van der Waals surface area contributed by atoms with E-state index in [4.69, 9.17) is 4.52 Å². The third-order valence-electron chi connectivity index (χ3n) is 5.74. The minimum atomic E-state index is -0.0337. The minimum Gasteiger partial charge on any atom is -0.356 e. The molecule has 0 saturated heterocycles. The van der Waals surface area contributed by atoms with Crippen LogP contribution in [0.3, 0.4) is 0 Å². The molecule has 1 aliphatic carbocycles. The van der Waals surface area contributed by atoms with Gasteiger partial charge < -0.3 is 9.84 Å². The Morgan fingerprint density at radius 2 is 1.85 bits per heavy atom. The van der Waals surface area contributed by atoms with Gasteiger partial charge in [-0.05, 0) is 86.4 Å². The fourth-order valence-electron chi connectivity index (χ4n) is 3.92. The van der Waals surface area contributed by atoms with Gasteiger partial charge in [0.05, 0.1) is 12.5 Å². The molecule has 0 radical (unpaired) electrons. The van der Waals surface area contributed by atoms with Crippen molar-refractivity contribution < 1.29 is 9.32 Å². The SMILES string of the molecule is Cc1cc2onc(CC(=O)NC(C)c3ccc4c(c3)CCCC4)c2cc1C. The molecule has 140 valence electrons. The van der Waals surface area contributed by atoms with Crippen LogP contribution in [-0.2, 0) is 24.1 Å². The first kappa shape index (κ1) is 17.8. The summed E-state index contributed by atoms with van der Waals surface area (Å²) in [7, 11) is 0. The lowest BCUT2D eigenvalue weighted by molar-refractivity contribution is -0.121. The van der Waals surface area contributed by atoms with E-state index in [1.807, 2.05) is 19.9 Å². The van der Waals surface area contributed by atoms with Gasteiger partial charge in [0.2, 0.25) is 5.91 Å². The average molecular weight is 362 g/mol. The van der Waals surface area contributed by atoms with E-state index in [1.165, 1.54) is 41.5 Å².